The fourth-order valence-electron chi connectivity index (χ4n) is 3.61. The Morgan fingerprint density at radius 3 is 2.36 bits per heavy atom. The van der Waals surface area contributed by atoms with Crippen molar-refractivity contribution in [3.8, 4) is 0 Å². The van der Waals surface area contributed by atoms with Crippen LogP contribution in [0.15, 0.2) is 29.2 Å². The molecule has 138 valence electrons. The van der Waals surface area contributed by atoms with E-state index in [0.717, 1.165) is 18.5 Å². The molecule has 0 aromatic heterocycles. The number of carbonyl (C=O) groups is 1. The molecule has 0 bridgehead atoms. The molecule has 25 heavy (non-hydrogen) atoms. The molecule has 1 saturated heterocycles. The molecule has 3 rings (SSSR count). The summed E-state index contributed by atoms with van der Waals surface area (Å²) in [5.74, 6) is -0.235. The van der Waals surface area contributed by atoms with Crippen LogP contribution in [0.4, 0.5) is 5.69 Å². The number of carbonyl (C=O) groups excluding carboxylic acids is 1. The van der Waals surface area contributed by atoms with E-state index in [-0.39, 0.29) is 5.91 Å². The van der Waals surface area contributed by atoms with Crippen molar-refractivity contribution in [2.24, 2.45) is 0 Å². The van der Waals surface area contributed by atoms with Gasteiger partial charge in [-0.05, 0) is 49.9 Å². The minimum atomic E-state index is -3.36. The molecule has 5 nitrogen and oxygen atoms in total. The molecule has 1 saturated carbocycles. The normalized spacial score (nSPS) is 22.8. The summed E-state index contributed by atoms with van der Waals surface area (Å²) in [4.78, 5) is 13.8. The van der Waals surface area contributed by atoms with Crippen molar-refractivity contribution >= 4 is 33.4 Å². The third-order valence-electron chi connectivity index (χ3n) is 4.91. The van der Waals surface area contributed by atoms with E-state index in [9.17, 15) is 13.2 Å². The average molecular weight is 383 g/mol. The Hall–Kier alpha value is -1.05. The monoisotopic (exact) mass is 382 g/mol. The Bertz CT molecular complexity index is 698. The van der Waals surface area contributed by atoms with Crippen LogP contribution in [0.25, 0.3) is 0 Å². The van der Waals surface area contributed by atoms with E-state index >= 15 is 0 Å². The number of hydrogen-bond acceptors (Lipinski definition) is 4. The summed E-state index contributed by atoms with van der Waals surface area (Å²) in [7, 11) is -3.36. The van der Waals surface area contributed by atoms with Crippen molar-refractivity contribution in [1.29, 1.82) is 0 Å². The van der Waals surface area contributed by atoms with E-state index < -0.39 is 16.1 Å². The first-order valence-electron chi connectivity index (χ1n) is 8.98. The second-order valence-corrected chi connectivity index (χ2v) is 10.2. The average Bonchev–Trinajstić information content (AvgIpc) is 3.09. The molecule has 2 fully saturated rings. The fourth-order valence-corrected chi connectivity index (χ4v) is 5.98. The molecular weight excluding hydrogens is 356 g/mol. The molecular formula is C18H26N2O3S2. The van der Waals surface area contributed by atoms with Crippen molar-refractivity contribution in [3.63, 3.8) is 0 Å². The molecule has 1 aliphatic heterocycles. The maximum atomic E-state index is 12.6. The zero-order valence-electron chi connectivity index (χ0n) is 14.6. The minimum Gasteiger partial charge on any atom is -0.325 e. The number of rotatable bonds is 5. The van der Waals surface area contributed by atoms with Crippen molar-refractivity contribution in [3.05, 3.63) is 24.3 Å². The number of piperidine rings is 1. The van der Waals surface area contributed by atoms with Crippen LogP contribution in [0.1, 0.15) is 44.9 Å². The first kappa shape index (κ1) is 18.7. The van der Waals surface area contributed by atoms with Gasteiger partial charge in [-0.15, -0.1) is 11.8 Å². The Labute approximate surface area is 154 Å². The van der Waals surface area contributed by atoms with Gasteiger partial charge in [0.2, 0.25) is 15.9 Å². The molecule has 0 radical (unpaired) electrons. The Morgan fingerprint density at radius 2 is 1.72 bits per heavy atom. The zero-order valence-corrected chi connectivity index (χ0v) is 16.2. The van der Waals surface area contributed by atoms with Gasteiger partial charge in [0.25, 0.3) is 0 Å². The van der Waals surface area contributed by atoms with Gasteiger partial charge in [0.05, 0.1) is 6.26 Å². The molecule has 1 unspecified atom stereocenters. The number of hydrogen-bond donors (Lipinski definition) is 1. The summed E-state index contributed by atoms with van der Waals surface area (Å²) < 4.78 is 25.1. The number of nitrogens with one attached hydrogen (secondary N) is 1. The molecule has 2 aliphatic rings. The summed E-state index contributed by atoms with van der Waals surface area (Å²) in [5, 5.41) is 3.59. The molecule has 7 heteroatoms. The molecule has 1 aromatic rings. The van der Waals surface area contributed by atoms with Crippen molar-refractivity contribution in [2.75, 3.05) is 18.1 Å². The lowest BCUT2D eigenvalue weighted by atomic mass is 10.0. The third-order valence-corrected chi connectivity index (χ3v) is 7.55. The van der Waals surface area contributed by atoms with E-state index in [0.29, 0.717) is 18.2 Å². The van der Waals surface area contributed by atoms with Crippen LogP contribution in [0.2, 0.25) is 0 Å². The lowest BCUT2D eigenvalue weighted by Crippen LogP contribution is -2.49. The summed E-state index contributed by atoms with van der Waals surface area (Å²) >= 11 is 1.91. The van der Waals surface area contributed by atoms with Gasteiger partial charge in [0.1, 0.15) is 6.04 Å². The van der Waals surface area contributed by atoms with Crippen LogP contribution in [-0.2, 0) is 14.8 Å². The Kier molecular flexibility index (Phi) is 6.07. The lowest BCUT2D eigenvalue weighted by molar-refractivity contribution is -0.120. The number of amides is 1. The van der Waals surface area contributed by atoms with E-state index in [1.54, 1.807) is 0 Å². The van der Waals surface area contributed by atoms with Crippen molar-refractivity contribution < 1.29 is 13.2 Å². The number of benzene rings is 1. The predicted octanol–water partition coefficient (Wildman–Crippen LogP) is 3.47. The third kappa shape index (κ3) is 4.99. The second kappa shape index (κ2) is 8.10. The van der Waals surface area contributed by atoms with Gasteiger partial charge in [-0.2, -0.15) is 4.31 Å². The molecule has 1 atom stereocenters. The van der Waals surface area contributed by atoms with Gasteiger partial charge in [-0.1, -0.05) is 19.3 Å². The van der Waals surface area contributed by atoms with E-state index in [2.05, 4.69) is 5.32 Å². The first-order chi connectivity index (χ1) is 11.9. The largest absolute Gasteiger partial charge is 0.325 e. The molecule has 1 aromatic carbocycles. The summed E-state index contributed by atoms with van der Waals surface area (Å²) in [5.41, 5.74) is 0.722. The van der Waals surface area contributed by atoms with E-state index in [1.165, 1.54) is 41.1 Å². The maximum absolute atomic E-state index is 12.6. The Balaban J connectivity index is 1.61. The van der Waals surface area contributed by atoms with Crippen LogP contribution in [0.3, 0.4) is 0 Å². The highest BCUT2D eigenvalue weighted by Gasteiger charge is 2.34. The molecule has 0 spiro atoms. The van der Waals surface area contributed by atoms with Crippen LogP contribution in [0.5, 0.6) is 0 Å². The van der Waals surface area contributed by atoms with Crippen LogP contribution >= 0.6 is 11.8 Å². The summed E-state index contributed by atoms with van der Waals surface area (Å²) in [6, 6.07) is 7.28. The van der Waals surface area contributed by atoms with Gasteiger partial charge in [-0.3, -0.25) is 4.79 Å². The molecule has 1 N–H and O–H groups in total. The van der Waals surface area contributed by atoms with Crippen LogP contribution in [-0.4, -0.2) is 42.7 Å². The highest BCUT2D eigenvalue weighted by atomic mass is 32.2. The van der Waals surface area contributed by atoms with Crippen molar-refractivity contribution in [1.82, 2.24) is 4.31 Å². The highest BCUT2D eigenvalue weighted by Crippen LogP contribution is 2.35. The first-order valence-corrected chi connectivity index (χ1v) is 11.7. The van der Waals surface area contributed by atoms with Gasteiger partial charge in [-0.25, -0.2) is 8.42 Å². The van der Waals surface area contributed by atoms with Crippen LogP contribution < -0.4 is 5.32 Å². The molecule has 1 amide bonds. The Morgan fingerprint density at radius 1 is 1.08 bits per heavy atom. The number of nitrogens with zero attached hydrogens (tertiary/aromatic N) is 1. The van der Waals surface area contributed by atoms with Gasteiger partial charge >= 0.3 is 0 Å². The summed E-state index contributed by atoms with van der Waals surface area (Å²) in [6.45, 7) is 0.424. The maximum Gasteiger partial charge on any atom is 0.242 e. The summed E-state index contributed by atoms with van der Waals surface area (Å²) in [6.07, 6.45) is 8.65. The topological polar surface area (TPSA) is 66.5 Å². The SMILES string of the molecule is CS(=O)(=O)N1CCCCC1C(=O)Nc1ccc(SC2CCCC2)cc1. The highest BCUT2D eigenvalue weighted by molar-refractivity contribution is 8.00. The standard InChI is InChI=1S/C18H26N2O3S2/c1-25(22,23)20-13-5-4-8-17(20)18(21)19-14-9-11-16(12-10-14)24-15-6-2-3-7-15/h9-12,15,17H,2-8,13H2,1H3,(H,19,21). The quantitative estimate of drug-likeness (QED) is 0.847. The minimum absolute atomic E-state index is 0.235. The van der Waals surface area contributed by atoms with E-state index in [1.807, 2.05) is 36.0 Å². The fraction of sp³-hybridized carbons (Fsp3) is 0.611. The number of anilines is 1. The smallest absolute Gasteiger partial charge is 0.242 e. The van der Waals surface area contributed by atoms with Gasteiger partial charge < -0.3 is 5.32 Å². The lowest BCUT2D eigenvalue weighted by Gasteiger charge is -2.32. The predicted molar refractivity (Wildman–Crippen MR) is 102 cm³/mol. The van der Waals surface area contributed by atoms with Gasteiger partial charge in [0.15, 0.2) is 0 Å². The number of sulfonamides is 1. The van der Waals surface area contributed by atoms with E-state index in [4.69, 9.17) is 0 Å². The van der Waals surface area contributed by atoms with Crippen molar-refractivity contribution in [2.45, 2.75) is 61.1 Å². The second-order valence-electron chi connectivity index (χ2n) is 6.92. The zero-order chi connectivity index (χ0) is 17.9. The molecule has 1 aliphatic carbocycles. The van der Waals surface area contributed by atoms with Gasteiger partial charge in [0, 0.05) is 22.4 Å². The van der Waals surface area contributed by atoms with Crippen LogP contribution in [0, 0.1) is 0 Å². The molecule has 1 heterocycles. The number of thioether (sulfide) groups is 1.